The Morgan fingerprint density at radius 2 is 1.92 bits per heavy atom. The fraction of sp³-hybridized carbons (Fsp3) is 0.211. The topological polar surface area (TPSA) is 53.8 Å². The third-order valence-electron chi connectivity index (χ3n) is 3.53. The third-order valence-corrected chi connectivity index (χ3v) is 4.75. The maximum Gasteiger partial charge on any atom is 0.234 e. The Balaban J connectivity index is 1.68. The van der Waals surface area contributed by atoms with E-state index in [4.69, 9.17) is 11.6 Å². The fourth-order valence-corrected chi connectivity index (χ4v) is 3.50. The summed E-state index contributed by atoms with van der Waals surface area (Å²) in [6.07, 6.45) is 0. The second-order valence-electron chi connectivity index (χ2n) is 6.23. The van der Waals surface area contributed by atoms with Crippen LogP contribution in [0, 0.1) is 5.82 Å². The SMILES string of the molecule is CC1(C)N=C(SCC(=O)Nc2cccc(F)c2)C(c2ccc(Cl)cc2)=N1. The normalized spacial score (nSPS) is 15.4. The summed E-state index contributed by atoms with van der Waals surface area (Å²) in [5.41, 5.74) is 1.50. The molecule has 1 amide bonds. The minimum absolute atomic E-state index is 0.151. The van der Waals surface area contributed by atoms with Gasteiger partial charge in [0, 0.05) is 16.3 Å². The monoisotopic (exact) mass is 389 g/mol. The Morgan fingerprint density at radius 3 is 2.62 bits per heavy atom. The Morgan fingerprint density at radius 1 is 1.19 bits per heavy atom. The molecule has 0 aliphatic carbocycles. The first kappa shape index (κ1) is 18.6. The number of carbonyl (C=O) groups excluding carboxylic acids is 1. The highest BCUT2D eigenvalue weighted by Gasteiger charge is 2.28. The van der Waals surface area contributed by atoms with Crippen molar-refractivity contribution in [1.29, 1.82) is 0 Å². The highest BCUT2D eigenvalue weighted by atomic mass is 35.5. The first-order chi connectivity index (χ1) is 12.3. The molecule has 1 aliphatic heterocycles. The number of rotatable bonds is 4. The van der Waals surface area contributed by atoms with E-state index >= 15 is 0 Å². The van der Waals surface area contributed by atoms with Crippen LogP contribution in [0.3, 0.4) is 0 Å². The molecular weight excluding hydrogens is 373 g/mol. The van der Waals surface area contributed by atoms with Crippen molar-refractivity contribution in [3.8, 4) is 0 Å². The highest BCUT2D eigenvalue weighted by molar-refractivity contribution is 8.16. The lowest BCUT2D eigenvalue weighted by atomic mass is 10.1. The molecular formula is C19H17ClFN3OS. The predicted octanol–water partition coefficient (Wildman–Crippen LogP) is 4.79. The Hall–Kier alpha value is -2.18. The van der Waals surface area contributed by atoms with E-state index in [0.717, 1.165) is 11.3 Å². The van der Waals surface area contributed by atoms with E-state index < -0.39 is 11.5 Å². The number of aliphatic imine (C=N–C) groups is 2. The van der Waals surface area contributed by atoms with Crippen molar-refractivity contribution in [1.82, 2.24) is 0 Å². The molecule has 26 heavy (non-hydrogen) atoms. The highest BCUT2D eigenvalue weighted by Crippen LogP contribution is 2.27. The van der Waals surface area contributed by atoms with Crippen LogP contribution in [0.25, 0.3) is 0 Å². The Labute approximate surface area is 160 Å². The van der Waals surface area contributed by atoms with Crippen molar-refractivity contribution < 1.29 is 9.18 Å². The van der Waals surface area contributed by atoms with Crippen LogP contribution < -0.4 is 5.32 Å². The number of nitrogens with one attached hydrogen (secondary N) is 1. The molecule has 0 aromatic heterocycles. The molecule has 4 nitrogen and oxygen atoms in total. The molecule has 2 aromatic carbocycles. The minimum Gasteiger partial charge on any atom is -0.325 e. The van der Waals surface area contributed by atoms with Gasteiger partial charge in [-0.15, -0.1) is 0 Å². The van der Waals surface area contributed by atoms with Gasteiger partial charge in [0.05, 0.1) is 11.5 Å². The standard InChI is InChI=1S/C19H17ClFN3OS/c1-19(2)23-17(12-6-8-13(20)9-7-12)18(24-19)26-11-16(25)22-15-5-3-4-14(21)10-15/h3-10H,11H2,1-2H3,(H,22,25). The third kappa shape index (κ3) is 4.71. The number of anilines is 1. The van der Waals surface area contributed by atoms with Gasteiger partial charge in [0.2, 0.25) is 5.91 Å². The van der Waals surface area contributed by atoms with E-state index in [1.165, 1.54) is 23.9 Å². The van der Waals surface area contributed by atoms with Gasteiger partial charge in [0.1, 0.15) is 16.5 Å². The zero-order chi connectivity index (χ0) is 18.7. The van der Waals surface area contributed by atoms with Crippen molar-refractivity contribution in [2.24, 2.45) is 9.98 Å². The van der Waals surface area contributed by atoms with Crippen LogP contribution in [0.4, 0.5) is 10.1 Å². The molecule has 1 aliphatic rings. The number of amides is 1. The lowest BCUT2D eigenvalue weighted by Crippen LogP contribution is -2.17. The Kier molecular flexibility index (Phi) is 5.44. The number of nitrogens with zero attached hydrogens (tertiary/aromatic N) is 2. The number of benzene rings is 2. The summed E-state index contributed by atoms with van der Waals surface area (Å²) in [5.74, 6) is -0.476. The molecule has 0 spiro atoms. The lowest BCUT2D eigenvalue weighted by molar-refractivity contribution is -0.113. The molecule has 2 aromatic rings. The van der Waals surface area contributed by atoms with Crippen LogP contribution >= 0.6 is 23.4 Å². The summed E-state index contributed by atoms with van der Waals surface area (Å²) in [6, 6.07) is 13.1. The van der Waals surface area contributed by atoms with Crippen LogP contribution in [-0.4, -0.2) is 28.1 Å². The molecule has 0 bridgehead atoms. The van der Waals surface area contributed by atoms with Gasteiger partial charge in [-0.05, 0) is 44.2 Å². The van der Waals surface area contributed by atoms with E-state index in [-0.39, 0.29) is 11.7 Å². The number of halogens is 2. The molecule has 0 unspecified atom stereocenters. The summed E-state index contributed by atoms with van der Waals surface area (Å²) in [4.78, 5) is 21.4. The van der Waals surface area contributed by atoms with Gasteiger partial charge in [-0.2, -0.15) is 0 Å². The number of thioether (sulfide) groups is 1. The number of hydrogen-bond donors (Lipinski definition) is 1. The molecule has 0 atom stereocenters. The predicted molar refractivity (Wildman–Crippen MR) is 107 cm³/mol. The van der Waals surface area contributed by atoms with Gasteiger partial charge < -0.3 is 5.32 Å². The molecule has 134 valence electrons. The average Bonchev–Trinajstić information content (AvgIpc) is 2.88. The van der Waals surface area contributed by atoms with Gasteiger partial charge in [0.15, 0.2) is 0 Å². The van der Waals surface area contributed by atoms with Gasteiger partial charge in [-0.3, -0.25) is 9.79 Å². The van der Waals surface area contributed by atoms with E-state index in [0.29, 0.717) is 15.8 Å². The summed E-state index contributed by atoms with van der Waals surface area (Å²) < 4.78 is 13.2. The molecule has 0 fully saturated rings. The molecule has 3 rings (SSSR count). The molecule has 0 saturated carbocycles. The first-order valence-corrected chi connectivity index (χ1v) is 9.33. The van der Waals surface area contributed by atoms with Gasteiger partial charge >= 0.3 is 0 Å². The van der Waals surface area contributed by atoms with Crippen molar-refractivity contribution in [2.45, 2.75) is 19.5 Å². The molecule has 0 radical (unpaired) electrons. The van der Waals surface area contributed by atoms with Crippen molar-refractivity contribution in [2.75, 3.05) is 11.1 Å². The maximum atomic E-state index is 13.2. The summed E-state index contributed by atoms with van der Waals surface area (Å²) in [5, 5.41) is 4.02. The fourth-order valence-electron chi connectivity index (χ4n) is 2.44. The van der Waals surface area contributed by atoms with Crippen molar-refractivity contribution in [3.05, 3.63) is 64.9 Å². The second kappa shape index (κ2) is 7.60. The molecule has 0 saturated heterocycles. The molecule has 1 heterocycles. The largest absolute Gasteiger partial charge is 0.325 e. The van der Waals surface area contributed by atoms with Crippen LogP contribution in [0.2, 0.25) is 5.02 Å². The smallest absolute Gasteiger partial charge is 0.234 e. The van der Waals surface area contributed by atoms with Gasteiger partial charge in [0.25, 0.3) is 0 Å². The van der Waals surface area contributed by atoms with E-state index in [1.54, 1.807) is 24.3 Å². The zero-order valence-electron chi connectivity index (χ0n) is 14.3. The van der Waals surface area contributed by atoms with Crippen LogP contribution in [-0.2, 0) is 4.79 Å². The second-order valence-corrected chi connectivity index (χ2v) is 7.63. The molecule has 1 N–H and O–H groups in total. The summed E-state index contributed by atoms with van der Waals surface area (Å²) >= 11 is 7.25. The maximum absolute atomic E-state index is 13.2. The quantitative estimate of drug-likeness (QED) is 0.817. The van der Waals surface area contributed by atoms with Crippen molar-refractivity contribution >= 4 is 45.7 Å². The first-order valence-electron chi connectivity index (χ1n) is 7.97. The minimum atomic E-state index is -0.573. The average molecular weight is 390 g/mol. The van der Waals surface area contributed by atoms with Crippen LogP contribution in [0.5, 0.6) is 0 Å². The van der Waals surface area contributed by atoms with Crippen molar-refractivity contribution in [3.63, 3.8) is 0 Å². The van der Waals surface area contributed by atoms with Gasteiger partial charge in [-0.25, -0.2) is 9.38 Å². The lowest BCUT2D eigenvalue weighted by Gasteiger charge is -2.07. The van der Waals surface area contributed by atoms with Gasteiger partial charge in [-0.1, -0.05) is 41.6 Å². The van der Waals surface area contributed by atoms with E-state index in [2.05, 4.69) is 15.3 Å². The van der Waals surface area contributed by atoms with E-state index in [9.17, 15) is 9.18 Å². The summed E-state index contributed by atoms with van der Waals surface area (Å²) in [7, 11) is 0. The summed E-state index contributed by atoms with van der Waals surface area (Å²) in [6.45, 7) is 3.81. The number of carbonyl (C=O) groups is 1. The molecule has 7 heteroatoms. The Bertz CT molecular complexity index is 894. The zero-order valence-corrected chi connectivity index (χ0v) is 15.9. The van der Waals surface area contributed by atoms with E-state index in [1.807, 2.05) is 26.0 Å². The van der Waals surface area contributed by atoms with Crippen LogP contribution in [0.15, 0.2) is 58.5 Å². The number of hydrogen-bond acceptors (Lipinski definition) is 4. The van der Waals surface area contributed by atoms with Crippen LogP contribution in [0.1, 0.15) is 19.4 Å².